The van der Waals surface area contributed by atoms with Crippen molar-refractivity contribution >= 4 is 128 Å². The number of carboxylic acid groups (broad SMARTS) is 1. The minimum absolute atomic E-state index is 0.0211. The van der Waals surface area contributed by atoms with Crippen LogP contribution in [-0.2, 0) is 102 Å². The summed E-state index contributed by atoms with van der Waals surface area (Å²) in [5, 5.41) is 57.9. The number of carbonyl (C=O) groups excluding carboxylic acids is 15. The number of para-hydroxylation sites is 2. The number of hydrogen-bond acceptors (Lipinski definition) is 23. The summed E-state index contributed by atoms with van der Waals surface area (Å²) in [6.07, 6.45) is 4.79. The number of aliphatic carboxylic acids is 1. The molecule has 724 valence electrons. The quantitative estimate of drug-likeness (QED) is 0.0308. The first-order valence-corrected chi connectivity index (χ1v) is 46.6. The molecule has 3 aliphatic heterocycles. The average molecular weight is 1870 g/mol. The number of aliphatic hydroxyl groups is 1. The predicted octanol–water partition coefficient (Wildman–Crippen LogP) is -1.04. The maximum Gasteiger partial charge on any atom is 0.303 e. The number of aromatic nitrogens is 4. The van der Waals surface area contributed by atoms with E-state index in [2.05, 4.69) is 67.8 Å². The fourth-order valence-electron chi connectivity index (χ4n) is 17.3. The molecule has 15 amide bonds. The average Bonchev–Trinajstić information content (AvgIpc) is 1.67. The highest BCUT2D eigenvalue weighted by Crippen LogP contribution is 2.34. The Hall–Kier alpha value is -12.5. The number of carbonyl (C=O) groups is 16. The highest BCUT2D eigenvalue weighted by Gasteiger charge is 2.46. The predicted molar refractivity (Wildman–Crippen MR) is 493 cm³/mol. The number of imidazole rings is 1. The van der Waals surface area contributed by atoms with E-state index in [9.17, 15) is 58.5 Å². The van der Waals surface area contributed by atoms with Crippen LogP contribution in [0.2, 0.25) is 0 Å². The lowest BCUT2D eigenvalue weighted by Gasteiger charge is -2.36. The van der Waals surface area contributed by atoms with Crippen molar-refractivity contribution in [2.75, 3.05) is 71.9 Å². The molecule has 6 heterocycles. The van der Waals surface area contributed by atoms with E-state index in [1.165, 1.54) is 84.5 Å². The number of nitrogens with two attached hydrogens (primary N) is 4. The molecule has 0 radical (unpaired) electrons. The molecule has 42 heteroatoms. The molecule has 6 aromatic rings. The number of primary amides is 1. The fourth-order valence-corrected chi connectivity index (χ4v) is 18.2. The van der Waals surface area contributed by atoms with E-state index >= 15 is 33.6 Å². The number of phenolic OH excluding ortho intramolecular Hbond substituents is 1. The van der Waals surface area contributed by atoms with Gasteiger partial charge in [0.15, 0.2) is 0 Å². The van der Waals surface area contributed by atoms with E-state index in [4.69, 9.17) is 22.9 Å². The number of amides is 15. The van der Waals surface area contributed by atoms with Crippen molar-refractivity contribution in [3.63, 3.8) is 0 Å². The lowest BCUT2D eigenvalue weighted by molar-refractivity contribution is -0.149. The van der Waals surface area contributed by atoms with Gasteiger partial charge >= 0.3 is 5.97 Å². The fraction of sp³-hybridized carbons (Fsp3) is 0.549. The molecule has 41 nitrogen and oxygen atoms in total. The normalized spacial score (nSPS) is 25.6. The molecular formula is C91H130N22O19S. The SMILES string of the molecule is CCCC[C@H]1C(=O)N(C)[C@@H](CCCC)C(=O)N[C@@H](CCN)C(=O)N[C@H](C(=O)NCC(N)=O)CSCC(=O)N[C@@H](Cc2ccc(O)cc2)C(=O)N(C)[C@@H](C)C(=O)N[C@@H](CCN)C(=O)N2CCC[C@H]2C(=O)N[C@@H](Cc2c[nH]cn2)C(=O)N[C@@H](CCC(=O)O)C(=O)N2C[C@H](O)C[C@H]2C(C)C[C@@H](Cc2c[nH]c3ccccc23)C(=O)N[C@@H](CCN)C(=O)N[C@@H](Cc2c[nH]c3ccccc23)C(=O)N1C. The Morgan fingerprint density at radius 3 is 1.68 bits per heavy atom. The summed E-state index contributed by atoms with van der Waals surface area (Å²) >= 11 is 0.801. The Balaban J connectivity index is 1.09. The number of aliphatic hydroxyl groups excluding tert-OH is 1. The zero-order valence-electron chi connectivity index (χ0n) is 76.3. The Labute approximate surface area is 775 Å². The Kier molecular flexibility index (Phi) is 39.4. The molecule has 16 atom stereocenters. The number of nitrogens with zero attached hydrogens (tertiary/aromatic N) is 6. The van der Waals surface area contributed by atoms with E-state index in [1.54, 1.807) is 25.4 Å². The van der Waals surface area contributed by atoms with Gasteiger partial charge in [-0.2, -0.15) is 0 Å². The number of unbranched alkanes of at least 4 members (excludes halogenated alkanes) is 2. The van der Waals surface area contributed by atoms with E-state index in [0.29, 0.717) is 53.3 Å². The van der Waals surface area contributed by atoms with Crippen LogP contribution in [0.25, 0.3) is 21.8 Å². The first-order valence-electron chi connectivity index (χ1n) is 45.4. The summed E-state index contributed by atoms with van der Waals surface area (Å²) in [4.78, 5) is 255. The number of benzene rings is 3. The second-order valence-electron chi connectivity index (χ2n) is 34.6. The molecule has 3 aliphatic rings. The van der Waals surface area contributed by atoms with Crippen LogP contribution in [0.15, 0.2) is 97.7 Å². The van der Waals surface area contributed by atoms with Crippen LogP contribution >= 0.6 is 11.8 Å². The van der Waals surface area contributed by atoms with Gasteiger partial charge in [0.05, 0.1) is 30.4 Å². The zero-order chi connectivity index (χ0) is 96.9. The number of phenols is 1. The van der Waals surface area contributed by atoms with E-state index in [1.807, 2.05) is 56.3 Å². The van der Waals surface area contributed by atoms with Gasteiger partial charge in [0.2, 0.25) is 88.6 Å². The number of thioether (sulfide) groups is 1. The molecule has 3 fully saturated rings. The van der Waals surface area contributed by atoms with Crippen molar-refractivity contribution in [3.05, 3.63) is 120 Å². The van der Waals surface area contributed by atoms with Crippen LogP contribution in [0.4, 0.5) is 0 Å². The van der Waals surface area contributed by atoms with Crippen LogP contribution in [0, 0.1) is 11.8 Å². The van der Waals surface area contributed by atoms with Gasteiger partial charge in [-0.15, -0.1) is 11.8 Å². The van der Waals surface area contributed by atoms with Gasteiger partial charge in [-0.3, -0.25) is 76.7 Å². The van der Waals surface area contributed by atoms with Gasteiger partial charge < -0.3 is 126 Å². The molecule has 133 heavy (non-hydrogen) atoms. The number of hydrogen-bond donors (Lipinski definition) is 19. The molecule has 3 aromatic carbocycles. The first kappa shape index (κ1) is 104. The van der Waals surface area contributed by atoms with Crippen LogP contribution in [0.3, 0.4) is 0 Å². The van der Waals surface area contributed by atoms with Gasteiger partial charge in [0.1, 0.15) is 78.3 Å². The van der Waals surface area contributed by atoms with Crippen molar-refractivity contribution in [1.82, 2.24) is 92.3 Å². The van der Waals surface area contributed by atoms with Crippen LogP contribution in [0.5, 0.6) is 5.75 Å². The van der Waals surface area contributed by atoms with Crippen LogP contribution < -0.4 is 70.8 Å². The van der Waals surface area contributed by atoms with Gasteiger partial charge in [-0.25, -0.2) is 4.98 Å². The number of aromatic hydroxyl groups is 1. The number of carboxylic acids is 1. The third-order valence-corrected chi connectivity index (χ3v) is 25.9. The van der Waals surface area contributed by atoms with Gasteiger partial charge in [0.25, 0.3) is 0 Å². The maximum atomic E-state index is 15.8. The van der Waals surface area contributed by atoms with E-state index < -0.39 is 222 Å². The molecule has 3 aromatic heterocycles. The lowest BCUT2D eigenvalue weighted by Crippen LogP contribution is -2.60. The number of rotatable bonds is 26. The second-order valence-corrected chi connectivity index (χ2v) is 35.6. The Morgan fingerprint density at radius 1 is 0.541 bits per heavy atom. The monoisotopic (exact) mass is 1870 g/mol. The number of H-pyrrole nitrogens is 3. The Morgan fingerprint density at radius 2 is 1.08 bits per heavy atom. The molecule has 9 rings (SSSR count). The first-order chi connectivity index (χ1) is 63.6. The highest BCUT2D eigenvalue weighted by molar-refractivity contribution is 8.00. The molecule has 0 saturated carbocycles. The van der Waals surface area contributed by atoms with Crippen LogP contribution in [0.1, 0.15) is 146 Å². The number of aromatic amines is 3. The van der Waals surface area contributed by atoms with Crippen molar-refractivity contribution < 1.29 is 92.0 Å². The summed E-state index contributed by atoms with van der Waals surface area (Å²) in [5.41, 5.74) is 27.4. The van der Waals surface area contributed by atoms with Crippen molar-refractivity contribution in [3.8, 4) is 5.75 Å². The third-order valence-electron chi connectivity index (χ3n) is 24.9. The van der Waals surface area contributed by atoms with E-state index in [0.717, 1.165) is 27.6 Å². The molecule has 3 saturated heterocycles. The highest BCUT2D eigenvalue weighted by atomic mass is 32.2. The topological polar surface area (TPSA) is 623 Å². The number of fused-ring (bicyclic) bond motifs is 4. The summed E-state index contributed by atoms with van der Waals surface area (Å²) in [6, 6.07) is 2.09. The lowest BCUT2D eigenvalue weighted by atomic mass is 9.84. The second kappa shape index (κ2) is 50.4. The van der Waals surface area contributed by atoms with Gasteiger partial charge in [0, 0.05) is 118 Å². The number of likely N-dealkylation sites (N-methyl/N-ethyl adjacent to an activating group) is 3. The molecule has 0 spiro atoms. The molecule has 1 unspecified atom stereocenters. The summed E-state index contributed by atoms with van der Waals surface area (Å²) in [5.74, 6) is -16.6. The molecular weight excluding hydrogens is 1740 g/mol. The molecule has 0 bridgehead atoms. The smallest absolute Gasteiger partial charge is 0.303 e. The zero-order valence-corrected chi connectivity index (χ0v) is 77.2. The molecule has 0 aliphatic carbocycles. The van der Waals surface area contributed by atoms with Gasteiger partial charge in [-0.1, -0.05) is 95.0 Å². The summed E-state index contributed by atoms with van der Waals surface area (Å²) in [7, 11) is 4.07. The van der Waals surface area contributed by atoms with Crippen molar-refractivity contribution in [1.29, 1.82) is 0 Å². The standard InChI is InChI=1S/C91H130N22O19S/c1-8-10-21-72-85(126)103-65(31-34-93)83(124)108-71(81(122)99-46-76(95)116)48-133-49-77(117)101-69(38-53-24-26-58(114)27-25-53)87(128)109(5)52(4)79(120)104-67(32-35-94)89(130)112-36-16-23-73(112)86(127)106-68(41-57-45-96-50-100-57)84(125)105-66(28-29-78(118)119)90(131)113-47-59(115)42-75(113)51(3)37-54(39-55-43-97-62-19-14-12-17-60(55)62)80(121)102-64(30-33-92)82(123)107-70(40-56-44-98-63-20-15-13-18-61(56)63)88(129)111(7)74(22-11-9-2)91(132)110(72)6/h12-15,17-20,24-27,43-45,50-52,54,59,64-75,97-98,114-115H,8-11,16,21-23,28-42,46-49,92-94H2,1-7H3,(H2,95,116)(H,96,100)(H,99,122)(H,101,117)(H,102,121)(H,103,126)(H,104,120)(H,105,125)(H,106,127)(H,107,123)(H,108,124)(H,118,119)/t51?,52-,54-,59+,64-,65-,66-,67-,68-,69-,70-,71-,72-,73-,74-,75-/m0/s1. The minimum Gasteiger partial charge on any atom is -0.508 e. The minimum atomic E-state index is -1.63. The van der Waals surface area contributed by atoms with Crippen molar-refractivity contribution in [2.45, 2.75) is 234 Å². The summed E-state index contributed by atoms with van der Waals surface area (Å²) in [6.45, 7) is 5.31. The maximum absolute atomic E-state index is 15.8. The van der Waals surface area contributed by atoms with Crippen LogP contribution in [-0.4, -0.2) is 311 Å². The molecule has 23 N–H and O–H groups in total. The number of nitrogens with one attached hydrogen (secondary N) is 12. The summed E-state index contributed by atoms with van der Waals surface area (Å²) < 4.78 is 0. The van der Waals surface area contributed by atoms with Crippen molar-refractivity contribution in [2.24, 2.45) is 34.8 Å². The third kappa shape index (κ3) is 28.7. The van der Waals surface area contributed by atoms with Gasteiger partial charge in [-0.05, 0) is 144 Å². The van der Waals surface area contributed by atoms with E-state index in [-0.39, 0.29) is 128 Å². The Bertz CT molecular complexity index is 5030. The largest absolute Gasteiger partial charge is 0.508 e.